The summed E-state index contributed by atoms with van der Waals surface area (Å²) in [6.07, 6.45) is 6.66. The van der Waals surface area contributed by atoms with Gasteiger partial charge in [-0.2, -0.15) is 0 Å². The molecule has 1 radical (unpaired) electrons. The second-order valence-corrected chi connectivity index (χ2v) is 2.48. The summed E-state index contributed by atoms with van der Waals surface area (Å²) in [6, 6.07) is 0.536. The first-order valence-electron chi connectivity index (χ1n) is 3.59. The van der Waals surface area contributed by atoms with Gasteiger partial charge in [-0.25, -0.2) is 0 Å². The maximum Gasteiger partial charge on any atom is 1.00 e. The molecule has 0 aromatic rings. The first kappa shape index (κ1) is 14.0. The molecule has 69 valence electrons. The Hall–Kier alpha value is 0.456. The predicted octanol–water partition coefficient (Wildman–Crippen LogP) is 2.32. The number of hydrogen-bond acceptors (Lipinski definition) is 1. The number of rotatable bonds is 0. The SMILES string of the molecule is F[CH-]F.NC1CCCCC1.[Os+]. The Morgan fingerprint density at radius 1 is 1.09 bits per heavy atom. The monoisotopic (exact) mass is 342 g/mol. The molecule has 2 N–H and O–H groups in total. The van der Waals surface area contributed by atoms with Crippen LogP contribution >= 0.6 is 0 Å². The first-order valence-corrected chi connectivity index (χ1v) is 3.59. The molecular formula is C7H14F2NOs. The molecule has 0 spiro atoms. The van der Waals surface area contributed by atoms with E-state index in [1.54, 1.807) is 0 Å². The number of halogens is 2. The van der Waals surface area contributed by atoms with Crippen molar-refractivity contribution in [2.75, 3.05) is 0 Å². The zero-order chi connectivity index (χ0) is 7.82. The smallest absolute Gasteiger partial charge is 0.425 e. The minimum atomic E-state index is -1.00. The summed E-state index contributed by atoms with van der Waals surface area (Å²) < 4.78 is 19.0. The standard InChI is InChI=1S/C6H13N.CHF2.Os/c7-6-4-2-1-3-5-6;2-1-3;/h6H,1-5,7H2;1H;/q;-1;+1. The van der Waals surface area contributed by atoms with Gasteiger partial charge in [0.1, 0.15) is 0 Å². The predicted molar refractivity (Wildman–Crippen MR) is 37.6 cm³/mol. The summed E-state index contributed by atoms with van der Waals surface area (Å²) in [7, 11) is 0. The molecule has 0 heterocycles. The van der Waals surface area contributed by atoms with Gasteiger partial charge < -0.3 is 14.5 Å². The van der Waals surface area contributed by atoms with Gasteiger partial charge in [-0.05, 0) is 19.8 Å². The summed E-state index contributed by atoms with van der Waals surface area (Å²) in [5.74, 6) is 0. The van der Waals surface area contributed by atoms with Crippen LogP contribution in [0.2, 0.25) is 0 Å². The van der Waals surface area contributed by atoms with E-state index in [-0.39, 0.29) is 19.8 Å². The van der Waals surface area contributed by atoms with Crippen LogP contribution < -0.4 is 5.73 Å². The van der Waals surface area contributed by atoms with Gasteiger partial charge in [-0.3, -0.25) is 0 Å². The topological polar surface area (TPSA) is 26.0 Å². The summed E-state index contributed by atoms with van der Waals surface area (Å²) in [6.45, 7) is -1.00. The molecule has 1 rings (SSSR count). The Bertz CT molecular complexity index is 67.5. The second kappa shape index (κ2) is 10.5. The van der Waals surface area contributed by atoms with Crippen LogP contribution in [0.5, 0.6) is 0 Å². The van der Waals surface area contributed by atoms with E-state index in [2.05, 4.69) is 0 Å². The zero-order valence-corrected chi connectivity index (χ0v) is 8.92. The Labute approximate surface area is 79.8 Å². The van der Waals surface area contributed by atoms with Crippen molar-refractivity contribution in [3.8, 4) is 0 Å². The normalized spacial score (nSPS) is 17.7. The van der Waals surface area contributed by atoms with Gasteiger partial charge in [0.05, 0.1) is 0 Å². The molecule has 1 fully saturated rings. The zero-order valence-electron chi connectivity index (χ0n) is 6.38. The molecule has 0 atom stereocenters. The molecule has 11 heavy (non-hydrogen) atoms. The average Bonchev–Trinajstić information content (AvgIpc) is 1.91. The van der Waals surface area contributed by atoms with Crippen molar-refractivity contribution in [2.24, 2.45) is 5.73 Å². The van der Waals surface area contributed by atoms with Crippen LogP contribution in [0, 0.1) is 6.93 Å². The Kier molecular flexibility index (Phi) is 13.3. The summed E-state index contributed by atoms with van der Waals surface area (Å²) in [4.78, 5) is 0. The minimum Gasteiger partial charge on any atom is -0.425 e. The molecule has 0 bridgehead atoms. The van der Waals surface area contributed by atoms with E-state index >= 15 is 0 Å². The molecule has 4 heteroatoms. The van der Waals surface area contributed by atoms with Gasteiger partial charge in [0.25, 0.3) is 0 Å². The summed E-state index contributed by atoms with van der Waals surface area (Å²) in [5, 5.41) is 0. The minimum absolute atomic E-state index is 0. The van der Waals surface area contributed by atoms with Gasteiger partial charge in [-0.1, -0.05) is 19.3 Å². The van der Waals surface area contributed by atoms with Crippen LogP contribution in [0.4, 0.5) is 8.78 Å². The molecule has 1 nitrogen and oxygen atoms in total. The fourth-order valence-electron chi connectivity index (χ4n) is 1.13. The van der Waals surface area contributed by atoms with E-state index in [0.29, 0.717) is 6.04 Å². The third-order valence-electron chi connectivity index (χ3n) is 1.65. The third-order valence-corrected chi connectivity index (χ3v) is 1.65. The van der Waals surface area contributed by atoms with E-state index in [9.17, 15) is 8.78 Å². The number of nitrogens with two attached hydrogens (primary N) is 1. The molecule has 1 aliphatic carbocycles. The summed E-state index contributed by atoms with van der Waals surface area (Å²) >= 11 is 0. The Morgan fingerprint density at radius 2 is 1.45 bits per heavy atom. The van der Waals surface area contributed by atoms with E-state index < -0.39 is 6.93 Å². The van der Waals surface area contributed by atoms with E-state index in [0.717, 1.165) is 0 Å². The maximum absolute atomic E-state index is 9.50. The maximum atomic E-state index is 9.50. The molecular weight excluding hydrogens is 326 g/mol. The number of hydrogen-bond donors (Lipinski definition) is 1. The van der Waals surface area contributed by atoms with Crippen molar-refractivity contribution in [1.29, 1.82) is 0 Å². The fraction of sp³-hybridized carbons (Fsp3) is 0.857. The van der Waals surface area contributed by atoms with Gasteiger partial charge in [0, 0.05) is 6.04 Å². The van der Waals surface area contributed by atoms with E-state index in [1.165, 1.54) is 32.1 Å². The second-order valence-electron chi connectivity index (χ2n) is 2.48. The van der Waals surface area contributed by atoms with Gasteiger partial charge in [0.2, 0.25) is 0 Å². The first-order chi connectivity index (χ1) is 4.81. The largest absolute Gasteiger partial charge is 1.00 e. The van der Waals surface area contributed by atoms with Gasteiger partial charge in [-0.15, -0.1) is 0 Å². The molecule has 0 aromatic heterocycles. The molecule has 0 amide bonds. The molecule has 1 aliphatic rings. The molecule has 0 aromatic carbocycles. The van der Waals surface area contributed by atoms with Crippen molar-refractivity contribution in [3.63, 3.8) is 0 Å². The van der Waals surface area contributed by atoms with E-state index in [4.69, 9.17) is 5.73 Å². The van der Waals surface area contributed by atoms with Gasteiger partial charge in [0.15, 0.2) is 0 Å². The van der Waals surface area contributed by atoms with Crippen molar-refractivity contribution in [1.82, 2.24) is 0 Å². The van der Waals surface area contributed by atoms with E-state index in [1.807, 2.05) is 0 Å². The van der Waals surface area contributed by atoms with Crippen molar-refractivity contribution >= 4 is 0 Å². The van der Waals surface area contributed by atoms with Crippen LogP contribution in [0.25, 0.3) is 0 Å². The van der Waals surface area contributed by atoms with Crippen molar-refractivity contribution in [3.05, 3.63) is 6.93 Å². The van der Waals surface area contributed by atoms with Crippen LogP contribution in [0.15, 0.2) is 0 Å². The van der Waals surface area contributed by atoms with Crippen molar-refractivity contribution < 1.29 is 28.6 Å². The molecule has 0 aliphatic heterocycles. The average molecular weight is 340 g/mol. The van der Waals surface area contributed by atoms with Gasteiger partial charge >= 0.3 is 19.8 Å². The third kappa shape index (κ3) is 10.5. The Morgan fingerprint density at radius 3 is 1.64 bits per heavy atom. The van der Waals surface area contributed by atoms with Crippen LogP contribution in [-0.2, 0) is 19.8 Å². The van der Waals surface area contributed by atoms with Crippen LogP contribution in [-0.4, -0.2) is 6.04 Å². The quantitative estimate of drug-likeness (QED) is 0.673. The molecule has 0 unspecified atom stereocenters. The fourth-order valence-corrected chi connectivity index (χ4v) is 1.13. The summed E-state index contributed by atoms with van der Waals surface area (Å²) in [5.41, 5.74) is 5.63. The van der Waals surface area contributed by atoms with Crippen molar-refractivity contribution in [2.45, 2.75) is 38.1 Å². The Balaban J connectivity index is 0. The molecule has 0 saturated heterocycles. The van der Waals surface area contributed by atoms with Crippen LogP contribution in [0.3, 0.4) is 0 Å². The van der Waals surface area contributed by atoms with Crippen LogP contribution in [0.1, 0.15) is 32.1 Å². The molecule has 1 saturated carbocycles.